The van der Waals surface area contributed by atoms with Crippen LogP contribution >= 0.6 is 11.6 Å². The van der Waals surface area contributed by atoms with Crippen LogP contribution in [-0.2, 0) is 10.0 Å². The molecule has 0 aromatic heterocycles. The van der Waals surface area contributed by atoms with Crippen molar-refractivity contribution in [2.24, 2.45) is 0 Å². The number of sulfonamides is 1. The largest absolute Gasteiger partial charge is 0.281 e. The van der Waals surface area contributed by atoms with Crippen molar-refractivity contribution in [1.82, 2.24) is 0 Å². The van der Waals surface area contributed by atoms with Crippen LogP contribution in [0.3, 0.4) is 0 Å². The average Bonchev–Trinajstić information content (AvgIpc) is 2.30. The predicted octanol–water partition coefficient (Wildman–Crippen LogP) is 1.90. The lowest BCUT2D eigenvalue weighted by Gasteiger charge is -2.10. The zero-order valence-corrected chi connectivity index (χ0v) is 10.7. The summed E-state index contributed by atoms with van der Waals surface area (Å²) < 4.78 is 25.3. The summed E-state index contributed by atoms with van der Waals surface area (Å²) in [5.74, 6) is 0. The average molecular weight is 290 g/mol. The summed E-state index contributed by atoms with van der Waals surface area (Å²) in [4.78, 5) is 9.87. The molecule has 0 amide bonds. The summed E-state index contributed by atoms with van der Waals surface area (Å²) in [6.07, 6.45) is 0. The van der Waals surface area contributed by atoms with Gasteiger partial charge >= 0.3 is 0 Å². The highest BCUT2D eigenvalue weighted by atomic mass is 35.5. The van der Waals surface area contributed by atoms with E-state index in [2.05, 4.69) is 0 Å². The molecule has 1 rings (SSSR count). The van der Waals surface area contributed by atoms with E-state index in [9.17, 15) is 18.5 Å². The van der Waals surface area contributed by atoms with E-state index in [1.54, 1.807) is 6.07 Å². The lowest BCUT2D eigenvalue weighted by molar-refractivity contribution is -0.384. The van der Waals surface area contributed by atoms with Crippen LogP contribution in [0, 0.1) is 21.4 Å². The van der Waals surface area contributed by atoms with Gasteiger partial charge in [0, 0.05) is 12.1 Å². The molecule has 0 aliphatic carbocycles. The molecule has 0 saturated heterocycles. The van der Waals surface area contributed by atoms with E-state index >= 15 is 0 Å². The van der Waals surface area contributed by atoms with Gasteiger partial charge in [-0.15, -0.1) is 0 Å². The lowest BCUT2D eigenvalue weighted by Crippen LogP contribution is -2.24. The number of hydrogen-bond acceptors (Lipinski definition) is 5. The molecule has 0 heterocycles. The van der Waals surface area contributed by atoms with E-state index < -0.39 is 20.2 Å². The number of anilines is 1. The minimum Gasteiger partial charge on any atom is -0.281 e. The zero-order chi connectivity index (χ0) is 13.9. The van der Waals surface area contributed by atoms with E-state index in [1.165, 1.54) is 13.0 Å². The molecule has 0 saturated carbocycles. The molecule has 0 aliphatic heterocycles. The van der Waals surface area contributed by atoms with Gasteiger partial charge in [0.2, 0.25) is 10.0 Å². The molecule has 1 aromatic rings. The van der Waals surface area contributed by atoms with Gasteiger partial charge in [0.15, 0.2) is 5.25 Å². The van der Waals surface area contributed by atoms with Crippen molar-refractivity contribution < 1.29 is 13.3 Å². The van der Waals surface area contributed by atoms with Gasteiger partial charge in [-0.1, -0.05) is 11.6 Å². The van der Waals surface area contributed by atoms with E-state index in [0.29, 0.717) is 0 Å². The Balaban J connectivity index is 3.16. The highest BCUT2D eigenvalue weighted by Crippen LogP contribution is 2.27. The van der Waals surface area contributed by atoms with Crippen LogP contribution in [0.2, 0.25) is 5.02 Å². The van der Waals surface area contributed by atoms with Crippen LogP contribution in [0.15, 0.2) is 18.2 Å². The third kappa shape index (κ3) is 3.09. The summed E-state index contributed by atoms with van der Waals surface area (Å²) in [6, 6.07) is 4.89. The minimum atomic E-state index is -3.95. The molecule has 0 radical (unpaired) electrons. The third-order valence-corrected chi connectivity index (χ3v) is 3.93. The van der Waals surface area contributed by atoms with E-state index in [1.807, 2.05) is 4.72 Å². The Bertz CT molecular complexity index is 623. The monoisotopic (exact) mass is 289 g/mol. The van der Waals surface area contributed by atoms with E-state index in [0.717, 1.165) is 12.1 Å². The summed E-state index contributed by atoms with van der Waals surface area (Å²) in [6.45, 7) is 1.19. The first kappa shape index (κ1) is 14.2. The number of rotatable bonds is 4. The van der Waals surface area contributed by atoms with Crippen LogP contribution in [0.1, 0.15) is 6.92 Å². The number of nitro groups is 1. The Labute approximate surface area is 108 Å². The molecular weight excluding hydrogens is 282 g/mol. The Morgan fingerprint density at radius 2 is 2.17 bits per heavy atom. The van der Waals surface area contributed by atoms with Gasteiger partial charge in [0.25, 0.3) is 5.69 Å². The minimum absolute atomic E-state index is 0.00862. The normalized spacial score (nSPS) is 12.5. The Morgan fingerprint density at radius 3 is 2.67 bits per heavy atom. The standard InChI is InChI=1S/C9H8ClN3O4S/c1-6(5-11)18(16,17)12-9-4-7(13(14)15)2-3-8(9)10/h2-4,6,12H,1H3. The van der Waals surface area contributed by atoms with Gasteiger partial charge < -0.3 is 0 Å². The molecule has 0 spiro atoms. The molecule has 0 aliphatic rings. The lowest BCUT2D eigenvalue weighted by atomic mass is 10.3. The summed E-state index contributed by atoms with van der Waals surface area (Å²) >= 11 is 5.72. The maximum absolute atomic E-state index is 11.6. The van der Waals surface area contributed by atoms with Gasteiger partial charge in [-0.05, 0) is 13.0 Å². The molecule has 9 heteroatoms. The highest BCUT2D eigenvalue weighted by Gasteiger charge is 2.22. The second-order valence-corrected chi connectivity index (χ2v) is 5.75. The highest BCUT2D eigenvalue weighted by molar-refractivity contribution is 7.93. The maximum Gasteiger partial charge on any atom is 0.271 e. The molecular formula is C9H8ClN3O4S. The topological polar surface area (TPSA) is 113 Å². The number of benzene rings is 1. The molecule has 1 aromatic carbocycles. The number of non-ortho nitro benzene ring substituents is 1. The molecule has 0 bridgehead atoms. The van der Waals surface area contributed by atoms with Gasteiger partial charge in [0.05, 0.1) is 21.7 Å². The fourth-order valence-corrected chi connectivity index (χ4v) is 2.03. The van der Waals surface area contributed by atoms with Crippen molar-refractivity contribution in [3.8, 4) is 6.07 Å². The molecule has 7 nitrogen and oxygen atoms in total. The van der Waals surface area contributed by atoms with Crippen molar-refractivity contribution in [1.29, 1.82) is 5.26 Å². The van der Waals surface area contributed by atoms with Gasteiger partial charge in [-0.25, -0.2) is 8.42 Å². The SMILES string of the molecule is CC(C#N)S(=O)(=O)Nc1cc([N+](=O)[O-])ccc1Cl. The molecule has 96 valence electrons. The number of nitrogens with zero attached hydrogens (tertiary/aromatic N) is 2. The zero-order valence-electron chi connectivity index (χ0n) is 9.12. The second-order valence-electron chi connectivity index (χ2n) is 3.34. The van der Waals surface area contributed by atoms with Crippen molar-refractivity contribution in [3.05, 3.63) is 33.3 Å². The van der Waals surface area contributed by atoms with Gasteiger partial charge in [-0.3, -0.25) is 14.8 Å². The Morgan fingerprint density at radius 1 is 1.56 bits per heavy atom. The van der Waals surface area contributed by atoms with Crippen molar-refractivity contribution in [2.75, 3.05) is 4.72 Å². The van der Waals surface area contributed by atoms with Gasteiger partial charge in [-0.2, -0.15) is 5.26 Å². The van der Waals surface area contributed by atoms with Gasteiger partial charge in [0.1, 0.15) is 0 Å². The fraction of sp³-hybridized carbons (Fsp3) is 0.222. The predicted molar refractivity (Wildman–Crippen MR) is 65.7 cm³/mol. The van der Waals surface area contributed by atoms with Crippen molar-refractivity contribution in [3.63, 3.8) is 0 Å². The summed E-state index contributed by atoms with van der Waals surface area (Å²) in [7, 11) is -3.95. The first-order chi connectivity index (χ1) is 8.27. The first-order valence-corrected chi connectivity index (χ1v) is 6.55. The second kappa shape index (κ2) is 5.20. The quantitative estimate of drug-likeness (QED) is 0.671. The Kier molecular flexibility index (Phi) is 4.11. The number of halogens is 1. The molecule has 1 atom stereocenters. The number of hydrogen-bond donors (Lipinski definition) is 1. The van der Waals surface area contributed by atoms with Crippen LogP contribution in [-0.4, -0.2) is 18.6 Å². The number of nitrogens with one attached hydrogen (secondary N) is 1. The number of nitro benzene ring substituents is 1. The number of nitriles is 1. The summed E-state index contributed by atoms with van der Waals surface area (Å²) in [5.41, 5.74) is -0.435. The third-order valence-electron chi connectivity index (χ3n) is 2.06. The van der Waals surface area contributed by atoms with E-state index in [4.69, 9.17) is 16.9 Å². The first-order valence-electron chi connectivity index (χ1n) is 4.63. The molecule has 1 N–H and O–H groups in total. The smallest absolute Gasteiger partial charge is 0.271 e. The van der Waals surface area contributed by atoms with Crippen molar-refractivity contribution >= 4 is 33.0 Å². The fourth-order valence-electron chi connectivity index (χ4n) is 1.02. The summed E-state index contributed by atoms with van der Waals surface area (Å²) in [5, 5.41) is 17.8. The van der Waals surface area contributed by atoms with Crippen LogP contribution < -0.4 is 4.72 Å². The van der Waals surface area contributed by atoms with Crippen LogP contribution in [0.25, 0.3) is 0 Å². The van der Waals surface area contributed by atoms with Crippen LogP contribution in [0.4, 0.5) is 11.4 Å². The molecule has 0 fully saturated rings. The molecule has 1 unspecified atom stereocenters. The van der Waals surface area contributed by atoms with Crippen LogP contribution in [0.5, 0.6) is 0 Å². The van der Waals surface area contributed by atoms with E-state index in [-0.39, 0.29) is 16.4 Å². The maximum atomic E-state index is 11.6. The Hall–Kier alpha value is -1.85. The van der Waals surface area contributed by atoms with Crippen molar-refractivity contribution in [2.45, 2.75) is 12.2 Å². The molecule has 18 heavy (non-hydrogen) atoms.